The molecule has 0 radical (unpaired) electrons. The Balaban J connectivity index is 1.36. The molecule has 3 N–H and O–H groups in total. The van der Waals surface area contributed by atoms with Crippen molar-refractivity contribution in [3.8, 4) is 11.1 Å². The molecule has 1 amide bonds. The number of aliphatic hydroxyl groups is 2. The van der Waals surface area contributed by atoms with Crippen LogP contribution in [0.4, 0.5) is 0 Å². The molecule has 6 rings (SSSR count). The summed E-state index contributed by atoms with van der Waals surface area (Å²) >= 11 is 0. The highest BCUT2D eigenvalue weighted by atomic mass is 32.2. The number of rotatable bonds is 8. The van der Waals surface area contributed by atoms with Crippen molar-refractivity contribution in [3.63, 3.8) is 0 Å². The van der Waals surface area contributed by atoms with Crippen LogP contribution in [0.2, 0.25) is 0 Å². The summed E-state index contributed by atoms with van der Waals surface area (Å²) in [6.07, 6.45) is 2.38. The minimum atomic E-state index is -1.03. The number of nitrogens with one attached hydrogen (secondary N) is 1. The van der Waals surface area contributed by atoms with Gasteiger partial charge in [0.2, 0.25) is 5.91 Å². The van der Waals surface area contributed by atoms with Crippen LogP contribution in [0.1, 0.15) is 46.1 Å². The number of nitrogens with zero attached hydrogens (tertiary/aromatic N) is 1. The van der Waals surface area contributed by atoms with Crippen LogP contribution < -0.4 is 5.32 Å². The lowest BCUT2D eigenvalue weighted by Crippen LogP contribution is -2.62. The van der Waals surface area contributed by atoms with Gasteiger partial charge >= 0.3 is 0 Å². The van der Waals surface area contributed by atoms with Crippen molar-refractivity contribution < 1.29 is 24.1 Å². The van der Waals surface area contributed by atoms with E-state index >= 15 is 0 Å². The molecule has 9 atom stereocenters. The number of hydrogen-bond donors (Lipinski definition) is 3. The Morgan fingerprint density at radius 3 is 2.49 bits per heavy atom. The third-order valence-corrected chi connectivity index (χ3v) is 10.8. The minimum absolute atomic E-state index is 0.0997. The summed E-state index contributed by atoms with van der Waals surface area (Å²) < 4.78 is 11.8. The fraction of sp³-hybridized carbons (Fsp3) is 0.581. The van der Waals surface area contributed by atoms with Gasteiger partial charge in [0, 0.05) is 33.9 Å². The van der Waals surface area contributed by atoms with Gasteiger partial charge in [0.15, 0.2) is 0 Å². The first-order chi connectivity index (χ1) is 18.5. The zero-order valence-corrected chi connectivity index (χ0v) is 24.4. The normalized spacial score (nSPS) is 33.3. The van der Waals surface area contributed by atoms with E-state index in [9.17, 15) is 19.2 Å². The van der Waals surface area contributed by atoms with Gasteiger partial charge in [0.1, 0.15) is 12.1 Å². The molecular weight excluding hydrogens is 512 g/mol. The smallest absolute Gasteiger partial charge is 0.240 e. The van der Waals surface area contributed by atoms with E-state index in [1.165, 1.54) is 6.42 Å². The maximum Gasteiger partial charge on any atom is 0.240 e. The molecule has 39 heavy (non-hydrogen) atoms. The monoisotopic (exact) mass is 554 g/mol. The number of aliphatic hydroxyl groups excluding tert-OH is 2. The van der Waals surface area contributed by atoms with Crippen molar-refractivity contribution >= 4 is 16.7 Å². The van der Waals surface area contributed by atoms with Crippen molar-refractivity contribution in [2.45, 2.75) is 76.3 Å². The molecule has 7 nitrogen and oxygen atoms in total. The molecule has 4 fully saturated rings. The van der Waals surface area contributed by atoms with Crippen LogP contribution in [0.25, 0.3) is 11.1 Å². The Morgan fingerprint density at radius 1 is 1.18 bits per heavy atom. The van der Waals surface area contributed by atoms with Gasteiger partial charge in [-0.3, -0.25) is 13.8 Å². The summed E-state index contributed by atoms with van der Waals surface area (Å²) in [7, 11) is -1.03. The predicted octanol–water partition coefficient (Wildman–Crippen LogP) is 3.75. The number of carbonyl (C=O) groups is 1. The lowest BCUT2D eigenvalue weighted by atomic mass is 9.45. The first-order valence-electron chi connectivity index (χ1n) is 14.1. The quantitative estimate of drug-likeness (QED) is 0.460. The topological polar surface area (TPSA) is 99.1 Å². The first-order valence-corrected chi connectivity index (χ1v) is 15.6. The van der Waals surface area contributed by atoms with Gasteiger partial charge < -0.3 is 15.5 Å². The van der Waals surface area contributed by atoms with E-state index in [1.807, 2.05) is 42.5 Å². The third-order valence-electron chi connectivity index (χ3n) is 9.85. The van der Waals surface area contributed by atoms with Crippen LogP contribution in [0, 0.1) is 29.1 Å². The zero-order valence-electron chi connectivity index (χ0n) is 23.5. The lowest BCUT2D eigenvalue weighted by molar-refractivity contribution is -0.183. The fourth-order valence-electron chi connectivity index (χ4n) is 7.35. The van der Waals surface area contributed by atoms with Crippen molar-refractivity contribution in [2.24, 2.45) is 29.1 Å². The maximum absolute atomic E-state index is 13.8. The average molecular weight is 555 g/mol. The lowest BCUT2D eigenvalue weighted by Gasteiger charge is -2.62. The van der Waals surface area contributed by atoms with Crippen molar-refractivity contribution in [1.82, 2.24) is 10.4 Å². The van der Waals surface area contributed by atoms with Gasteiger partial charge in [0.25, 0.3) is 0 Å². The number of carbonyl (C=O) groups excluding carboxylic acids is 1. The SMILES string of the molecule is C[C@@H]1[C@@H](NC(=O)[C@@H]2[C@H]([C@H](C)O)[C@H](CO)ON2Cc2cccc(-c3ccc(S(C)=O)cc3)c2)C[C@H]2C[C@@H]1C2(C)C. The number of hydroxylamine groups is 2. The van der Waals surface area contributed by atoms with Gasteiger partial charge in [-0.05, 0) is 77.8 Å². The van der Waals surface area contributed by atoms with Crippen LogP contribution in [0.3, 0.4) is 0 Å². The van der Waals surface area contributed by atoms with E-state index < -0.39 is 35.0 Å². The predicted molar refractivity (Wildman–Crippen MR) is 152 cm³/mol. The number of amides is 1. The molecule has 0 aromatic heterocycles. The summed E-state index contributed by atoms with van der Waals surface area (Å²) in [5.74, 6) is 0.908. The van der Waals surface area contributed by atoms with Gasteiger partial charge in [0.05, 0.1) is 19.3 Å². The molecule has 1 aliphatic heterocycles. The Kier molecular flexibility index (Phi) is 8.06. The average Bonchev–Trinajstić information content (AvgIpc) is 3.28. The van der Waals surface area contributed by atoms with Crippen LogP contribution in [-0.4, -0.2) is 62.5 Å². The van der Waals surface area contributed by atoms with Crippen LogP contribution in [-0.2, 0) is 27.0 Å². The van der Waals surface area contributed by atoms with E-state index in [2.05, 4.69) is 32.2 Å². The summed E-state index contributed by atoms with van der Waals surface area (Å²) in [5, 5.41) is 25.7. The molecule has 3 aliphatic carbocycles. The highest BCUT2D eigenvalue weighted by Crippen LogP contribution is 2.61. The number of fused-ring (bicyclic) bond motifs is 2. The highest BCUT2D eigenvalue weighted by Gasteiger charge is 2.57. The van der Waals surface area contributed by atoms with Crippen molar-refractivity contribution in [1.29, 1.82) is 0 Å². The molecule has 1 saturated heterocycles. The molecule has 2 bridgehead atoms. The Labute approximate surface area is 234 Å². The Morgan fingerprint density at radius 2 is 1.90 bits per heavy atom. The highest BCUT2D eigenvalue weighted by molar-refractivity contribution is 7.84. The van der Waals surface area contributed by atoms with Crippen LogP contribution >= 0.6 is 0 Å². The van der Waals surface area contributed by atoms with Crippen LogP contribution in [0.15, 0.2) is 53.4 Å². The van der Waals surface area contributed by atoms with Crippen molar-refractivity contribution in [3.05, 3.63) is 54.1 Å². The maximum atomic E-state index is 13.8. The second-order valence-electron chi connectivity index (χ2n) is 12.4. The third kappa shape index (κ3) is 5.34. The Bertz CT molecular complexity index is 1220. The Hall–Kier alpha value is -2.10. The molecular formula is C31H42N2O5S. The molecule has 0 spiro atoms. The number of benzene rings is 2. The molecule has 2 aromatic carbocycles. The number of hydrogen-bond acceptors (Lipinski definition) is 6. The zero-order chi connectivity index (χ0) is 28.1. The standard InChI is InChI=1S/C31H42N2O5S/c1-18-25-14-23(31(25,3)4)15-26(18)32-30(36)29-28(19(2)35)27(17-34)38-33(29)16-20-7-6-8-22(13-20)21-9-11-24(12-10-21)39(5)37/h6-13,18-19,23,25-29,34-35H,14-17H2,1-5H3,(H,32,36)/t18-,19-,23+,25-,26-,27-,28+,29-,39?/m0/s1. The van der Waals surface area contributed by atoms with Gasteiger partial charge in [-0.15, -0.1) is 0 Å². The summed E-state index contributed by atoms with van der Waals surface area (Å²) in [5.41, 5.74) is 3.28. The summed E-state index contributed by atoms with van der Waals surface area (Å²) in [6, 6.07) is 15.1. The molecule has 1 heterocycles. The molecule has 3 saturated carbocycles. The fourth-order valence-corrected chi connectivity index (χ4v) is 7.87. The molecule has 1 unspecified atom stereocenters. The van der Waals surface area contributed by atoms with Gasteiger partial charge in [-0.25, -0.2) is 0 Å². The molecule has 212 valence electrons. The van der Waals surface area contributed by atoms with E-state index in [0.717, 1.165) is 28.0 Å². The van der Waals surface area contributed by atoms with Crippen molar-refractivity contribution in [2.75, 3.05) is 12.9 Å². The summed E-state index contributed by atoms with van der Waals surface area (Å²) in [4.78, 5) is 20.7. The molecule has 2 aromatic rings. The molecule has 4 aliphatic rings. The van der Waals surface area contributed by atoms with Crippen LogP contribution in [0.5, 0.6) is 0 Å². The van der Waals surface area contributed by atoms with Gasteiger partial charge in [-0.1, -0.05) is 51.1 Å². The van der Waals surface area contributed by atoms with Gasteiger partial charge in [-0.2, -0.15) is 5.06 Å². The van der Waals surface area contributed by atoms with E-state index in [1.54, 1.807) is 18.2 Å². The minimum Gasteiger partial charge on any atom is -0.394 e. The largest absolute Gasteiger partial charge is 0.394 e. The van der Waals surface area contributed by atoms with E-state index in [-0.39, 0.29) is 18.6 Å². The first kappa shape index (κ1) is 28.4. The second-order valence-corrected chi connectivity index (χ2v) is 13.8. The van der Waals surface area contributed by atoms with E-state index in [4.69, 9.17) is 4.84 Å². The summed E-state index contributed by atoms with van der Waals surface area (Å²) in [6.45, 7) is 8.65. The second kappa shape index (κ2) is 11.1. The molecule has 8 heteroatoms. The van der Waals surface area contributed by atoms with E-state index in [0.29, 0.717) is 29.7 Å².